The summed E-state index contributed by atoms with van der Waals surface area (Å²) < 4.78 is 5.21. The van der Waals surface area contributed by atoms with Crippen molar-refractivity contribution in [1.82, 2.24) is 4.90 Å². The monoisotopic (exact) mass is 398 g/mol. The molecule has 0 radical (unpaired) electrons. The Bertz CT molecular complexity index is 388. The molecule has 0 spiro atoms. The van der Waals surface area contributed by atoms with Crippen LogP contribution in [0.5, 0.6) is 0 Å². The Kier molecular flexibility index (Phi) is 18.5. The molecule has 0 aromatic rings. The van der Waals surface area contributed by atoms with E-state index in [-0.39, 0.29) is 24.3 Å². The molecule has 1 amide bonds. The summed E-state index contributed by atoms with van der Waals surface area (Å²) in [5, 5.41) is 0. The van der Waals surface area contributed by atoms with E-state index in [1.807, 2.05) is 0 Å². The van der Waals surface area contributed by atoms with Crippen LogP contribution < -0.4 is 5.73 Å². The standard InChI is InChI=1S/C23H46N2O3/c1-4-6-8-10-11-13-17-21(16-12-9-7-5-2)23(27)25(3)20-22(26)28-19-15-14-18-24/h21H,4-20,24H2,1-3H3. The van der Waals surface area contributed by atoms with Crippen LogP contribution in [0.15, 0.2) is 0 Å². The van der Waals surface area contributed by atoms with E-state index in [0.29, 0.717) is 13.2 Å². The summed E-state index contributed by atoms with van der Waals surface area (Å²) in [6.45, 7) is 5.46. The Morgan fingerprint density at radius 3 is 1.93 bits per heavy atom. The number of amides is 1. The van der Waals surface area contributed by atoms with Crippen molar-refractivity contribution in [2.45, 2.75) is 104 Å². The molecule has 0 rings (SSSR count). The average Bonchev–Trinajstić information content (AvgIpc) is 2.68. The topological polar surface area (TPSA) is 72.6 Å². The van der Waals surface area contributed by atoms with E-state index in [9.17, 15) is 9.59 Å². The first kappa shape index (κ1) is 26.9. The van der Waals surface area contributed by atoms with Gasteiger partial charge in [0.1, 0.15) is 6.54 Å². The van der Waals surface area contributed by atoms with E-state index in [2.05, 4.69) is 13.8 Å². The third-order valence-corrected chi connectivity index (χ3v) is 5.27. The fourth-order valence-corrected chi connectivity index (χ4v) is 3.44. The molecule has 0 saturated heterocycles. The minimum Gasteiger partial charge on any atom is -0.464 e. The lowest BCUT2D eigenvalue weighted by molar-refractivity contribution is -0.150. The zero-order valence-electron chi connectivity index (χ0n) is 18.8. The van der Waals surface area contributed by atoms with Crippen molar-refractivity contribution in [3.8, 4) is 0 Å². The fraction of sp³-hybridized carbons (Fsp3) is 0.913. The van der Waals surface area contributed by atoms with Crippen LogP contribution in [-0.4, -0.2) is 43.5 Å². The molecule has 5 nitrogen and oxygen atoms in total. The molecule has 0 fully saturated rings. The van der Waals surface area contributed by atoms with E-state index < -0.39 is 0 Å². The van der Waals surface area contributed by atoms with Crippen LogP contribution in [0.2, 0.25) is 0 Å². The second-order valence-electron chi connectivity index (χ2n) is 8.01. The van der Waals surface area contributed by atoms with Crippen LogP contribution in [0.4, 0.5) is 0 Å². The predicted molar refractivity (Wildman–Crippen MR) is 117 cm³/mol. The molecule has 0 bridgehead atoms. The summed E-state index contributed by atoms with van der Waals surface area (Å²) in [6, 6.07) is 0. The number of hydrogen-bond acceptors (Lipinski definition) is 4. The molecule has 0 aromatic heterocycles. The summed E-state index contributed by atoms with van der Waals surface area (Å²) in [4.78, 5) is 26.4. The number of rotatable bonds is 19. The average molecular weight is 399 g/mol. The van der Waals surface area contributed by atoms with Crippen molar-refractivity contribution in [2.75, 3.05) is 26.7 Å². The van der Waals surface area contributed by atoms with Gasteiger partial charge in [0.15, 0.2) is 0 Å². The molecular formula is C23H46N2O3. The number of ether oxygens (including phenoxy) is 1. The van der Waals surface area contributed by atoms with Gasteiger partial charge in [-0.25, -0.2) is 0 Å². The van der Waals surface area contributed by atoms with Crippen LogP contribution in [0.3, 0.4) is 0 Å². The number of nitrogens with zero attached hydrogens (tertiary/aromatic N) is 1. The van der Waals surface area contributed by atoms with Gasteiger partial charge in [-0.1, -0.05) is 78.1 Å². The van der Waals surface area contributed by atoms with Gasteiger partial charge in [0.05, 0.1) is 6.61 Å². The van der Waals surface area contributed by atoms with Gasteiger partial charge in [0.2, 0.25) is 5.91 Å². The van der Waals surface area contributed by atoms with Crippen molar-refractivity contribution >= 4 is 11.9 Å². The second-order valence-corrected chi connectivity index (χ2v) is 8.01. The summed E-state index contributed by atoms with van der Waals surface area (Å²) in [5.74, 6) is -0.181. The maximum Gasteiger partial charge on any atom is 0.325 e. The Morgan fingerprint density at radius 1 is 0.821 bits per heavy atom. The number of unbranched alkanes of at least 4 members (excludes halogenated alkanes) is 9. The lowest BCUT2D eigenvalue weighted by Crippen LogP contribution is -2.37. The van der Waals surface area contributed by atoms with E-state index in [4.69, 9.17) is 10.5 Å². The van der Waals surface area contributed by atoms with Crippen LogP contribution >= 0.6 is 0 Å². The summed E-state index contributed by atoms with van der Waals surface area (Å²) >= 11 is 0. The normalized spacial score (nSPS) is 12.0. The molecule has 1 atom stereocenters. The Balaban J connectivity index is 4.37. The van der Waals surface area contributed by atoms with Crippen LogP contribution in [0.1, 0.15) is 104 Å². The number of nitrogens with two attached hydrogens (primary N) is 1. The van der Waals surface area contributed by atoms with Gasteiger partial charge in [-0.15, -0.1) is 0 Å². The lowest BCUT2D eigenvalue weighted by atomic mass is 9.93. The molecular weight excluding hydrogens is 352 g/mol. The van der Waals surface area contributed by atoms with Crippen molar-refractivity contribution in [3.05, 3.63) is 0 Å². The minimum atomic E-state index is -0.322. The second kappa shape index (κ2) is 19.2. The maximum absolute atomic E-state index is 12.9. The van der Waals surface area contributed by atoms with Crippen molar-refractivity contribution in [3.63, 3.8) is 0 Å². The highest BCUT2D eigenvalue weighted by Gasteiger charge is 2.23. The minimum absolute atomic E-state index is 0.0399. The Hall–Kier alpha value is -1.10. The SMILES string of the molecule is CCCCCCCCC(CCCCCC)C(=O)N(C)CC(=O)OCCCCN. The molecule has 0 aliphatic carbocycles. The highest BCUT2D eigenvalue weighted by atomic mass is 16.5. The zero-order chi connectivity index (χ0) is 21.0. The fourth-order valence-electron chi connectivity index (χ4n) is 3.44. The van der Waals surface area contributed by atoms with Gasteiger partial charge in [0, 0.05) is 13.0 Å². The summed E-state index contributed by atoms with van der Waals surface area (Å²) in [6.07, 6.45) is 15.6. The number of hydrogen-bond donors (Lipinski definition) is 1. The zero-order valence-corrected chi connectivity index (χ0v) is 18.8. The molecule has 166 valence electrons. The highest BCUT2D eigenvalue weighted by Crippen LogP contribution is 2.21. The number of esters is 1. The number of carbonyl (C=O) groups excluding carboxylic acids is 2. The first-order valence-corrected chi connectivity index (χ1v) is 11.7. The molecule has 0 aliphatic rings. The summed E-state index contributed by atoms with van der Waals surface area (Å²) in [5.41, 5.74) is 5.44. The molecule has 2 N–H and O–H groups in total. The van der Waals surface area contributed by atoms with Gasteiger partial charge >= 0.3 is 5.97 Å². The number of carbonyl (C=O) groups is 2. The lowest BCUT2D eigenvalue weighted by Gasteiger charge is -2.23. The van der Waals surface area contributed by atoms with E-state index >= 15 is 0 Å². The third-order valence-electron chi connectivity index (χ3n) is 5.27. The molecule has 0 aliphatic heterocycles. The van der Waals surface area contributed by atoms with Crippen molar-refractivity contribution in [2.24, 2.45) is 11.7 Å². The van der Waals surface area contributed by atoms with Crippen molar-refractivity contribution < 1.29 is 14.3 Å². The molecule has 1 unspecified atom stereocenters. The van der Waals surface area contributed by atoms with Gasteiger partial charge in [-0.3, -0.25) is 9.59 Å². The smallest absolute Gasteiger partial charge is 0.325 e. The van der Waals surface area contributed by atoms with Crippen molar-refractivity contribution in [1.29, 1.82) is 0 Å². The van der Waals surface area contributed by atoms with Crippen LogP contribution in [-0.2, 0) is 14.3 Å². The third kappa shape index (κ3) is 14.9. The van der Waals surface area contributed by atoms with Gasteiger partial charge in [-0.05, 0) is 32.2 Å². The molecule has 0 saturated carbocycles. The highest BCUT2D eigenvalue weighted by molar-refractivity contribution is 5.83. The first-order chi connectivity index (χ1) is 13.6. The van der Waals surface area contributed by atoms with Gasteiger partial charge in [-0.2, -0.15) is 0 Å². The Labute approximate surface area is 173 Å². The quantitative estimate of drug-likeness (QED) is 0.244. The van der Waals surface area contributed by atoms with E-state index in [0.717, 1.165) is 38.5 Å². The van der Waals surface area contributed by atoms with Gasteiger partial charge in [0.25, 0.3) is 0 Å². The predicted octanol–water partition coefficient (Wildman–Crippen LogP) is 5.06. The van der Waals surface area contributed by atoms with E-state index in [1.54, 1.807) is 11.9 Å². The molecule has 0 heterocycles. The summed E-state index contributed by atoms with van der Waals surface area (Å²) in [7, 11) is 1.73. The van der Waals surface area contributed by atoms with Gasteiger partial charge < -0.3 is 15.4 Å². The van der Waals surface area contributed by atoms with Crippen LogP contribution in [0.25, 0.3) is 0 Å². The maximum atomic E-state index is 12.9. The first-order valence-electron chi connectivity index (χ1n) is 11.7. The molecule has 5 heteroatoms. The van der Waals surface area contributed by atoms with E-state index in [1.165, 1.54) is 51.4 Å². The largest absolute Gasteiger partial charge is 0.464 e. The number of likely N-dealkylation sites (N-methyl/N-ethyl adjacent to an activating group) is 1. The Morgan fingerprint density at radius 2 is 1.36 bits per heavy atom. The molecule has 28 heavy (non-hydrogen) atoms. The molecule has 0 aromatic carbocycles. The van der Waals surface area contributed by atoms with Crippen LogP contribution in [0, 0.1) is 5.92 Å².